The van der Waals surface area contributed by atoms with Gasteiger partial charge in [-0.2, -0.15) is 0 Å². The molecular formula is C26H31NO5. The fourth-order valence-electron chi connectivity index (χ4n) is 4.29. The average Bonchev–Trinajstić information content (AvgIpc) is 2.76. The molecule has 32 heavy (non-hydrogen) atoms. The molecule has 0 spiro atoms. The molecular weight excluding hydrogens is 406 g/mol. The van der Waals surface area contributed by atoms with E-state index in [1.807, 2.05) is 18.2 Å². The Bertz CT molecular complexity index is 1020. The highest BCUT2D eigenvalue weighted by atomic mass is 16.5. The van der Waals surface area contributed by atoms with Crippen LogP contribution in [0.2, 0.25) is 0 Å². The maximum atomic E-state index is 11.0. The second kappa shape index (κ2) is 9.65. The van der Waals surface area contributed by atoms with Crippen LogP contribution >= 0.6 is 0 Å². The lowest BCUT2D eigenvalue weighted by atomic mass is 9.95. The van der Waals surface area contributed by atoms with Crippen molar-refractivity contribution in [1.29, 1.82) is 0 Å². The van der Waals surface area contributed by atoms with Gasteiger partial charge < -0.3 is 19.3 Å². The molecule has 1 N–H and O–H groups in total. The summed E-state index contributed by atoms with van der Waals surface area (Å²) in [7, 11) is 1.69. The first-order chi connectivity index (χ1) is 15.5. The summed E-state index contributed by atoms with van der Waals surface area (Å²) < 4.78 is 17.6. The highest BCUT2D eigenvalue weighted by Crippen LogP contribution is 2.36. The number of fused-ring (bicyclic) bond motifs is 1. The van der Waals surface area contributed by atoms with Gasteiger partial charge in [0.1, 0.15) is 30.5 Å². The normalized spacial score (nSPS) is 16.2. The minimum Gasteiger partial charge on any atom is -0.496 e. The van der Waals surface area contributed by atoms with E-state index in [1.165, 1.54) is 16.7 Å². The molecule has 0 radical (unpaired) electrons. The topological polar surface area (TPSA) is 68.2 Å². The number of ether oxygens (including phenoxy) is 3. The Kier molecular flexibility index (Phi) is 6.70. The van der Waals surface area contributed by atoms with Crippen molar-refractivity contribution in [2.75, 3.05) is 33.4 Å². The van der Waals surface area contributed by atoms with E-state index < -0.39 is 5.97 Å². The highest BCUT2D eigenvalue weighted by molar-refractivity contribution is 5.75. The van der Waals surface area contributed by atoms with Crippen LogP contribution in [0.1, 0.15) is 37.0 Å². The molecule has 2 aliphatic rings. The van der Waals surface area contributed by atoms with Gasteiger partial charge in [-0.3, -0.25) is 9.69 Å². The van der Waals surface area contributed by atoms with Gasteiger partial charge in [-0.1, -0.05) is 25.5 Å². The van der Waals surface area contributed by atoms with E-state index in [0.717, 1.165) is 47.8 Å². The van der Waals surface area contributed by atoms with Crippen LogP contribution in [0.15, 0.2) is 42.0 Å². The van der Waals surface area contributed by atoms with E-state index in [9.17, 15) is 4.79 Å². The van der Waals surface area contributed by atoms with Crippen molar-refractivity contribution < 1.29 is 24.1 Å². The molecule has 0 bridgehead atoms. The van der Waals surface area contributed by atoms with Crippen molar-refractivity contribution in [3.8, 4) is 17.2 Å². The number of rotatable bonds is 9. The van der Waals surface area contributed by atoms with Crippen LogP contribution in [0.4, 0.5) is 0 Å². The second-order valence-electron chi connectivity index (χ2n) is 8.59. The number of carboxylic acids is 1. The smallest absolute Gasteiger partial charge is 0.309 e. The van der Waals surface area contributed by atoms with Gasteiger partial charge in [0.05, 0.1) is 13.0 Å². The first-order valence-electron chi connectivity index (χ1n) is 11.2. The van der Waals surface area contributed by atoms with Gasteiger partial charge in [-0.15, -0.1) is 0 Å². The molecule has 0 unspecified atom stereocenters. The maximum Gasteiger partial charge on any atom is 0.309 e. The Labute approximate surface area is 189 Å². The molecule has 6 heteroatoms. The number of hydrogen-bond donors (Lipinski definition) is 1. The summed E-state index contributed by atoms with van der Waals surface area (Å²) in [6.07, 6.45) is 2.14. The van der Waals surface area contributed by atoms with Crippen molar-refractivity contribution in [1.82, 2.24) is 4.90 Å². The number of carbonyl (C=O) groups is 1. The number of nitrogens with zero attached hydrogens (tertiary/aromatic N) is 1. The van der Waals surface area contributed by atoms with Gasteiger partial charge >= 0.3 is 5.97 Å². The molecule has 4 rings (SSSR count). The molecule has 0 amide bonds. The molecule has 2 aliphatic heterocycles. The summed E-state index contributed by atoms with van der Waals surface area (Å²) in [5.41, 5.74) is 5.75. The molecule has 1 saturated heterocycles. The molecule has 0 atom stereocenters. The van der Waals surface area contributed by atoms with E-state index in [2.05, 4.69) is 36.9 Å². The number of hydrogen-bond acceptors (Lipinski definition) is 5. The van der Waals surface area contributed by atoms with Crippen LogP contribution in [0.5, 0.6) is 17.2 Å². The summed E-state index contributed by atoms with van der Waals surface area (Å²) >= 11 is 0. The Morgan fingerprint density at radius 2 is 2.03 bits per heavy atom. The third kappa shape index (κ3) is 4.75. The van der Waals surface area contributed by atoms with Crippen LogP contribution in [0, 0.1) is 5.92 Å². The summed E-state index contributed by atoms with van der Waals surface area (Å²) in [4.78, 5) is 13.2. The van der Waals surface area contributed by atoms with Crippen LogP contribution in [-0.4, -0.2) is 49.3 Å². The molecule has 6 nitrogen and oxygen atoms in total. The number of likely N-dealkylation sites (tertiary alicyclic amines) is 1. The van der Waals surface area contributed by atoms with Crippen molar-refractivity contribution in [3.63, 3.8) is 0 Å². The molecule has 0 aromatic heterocycles. The van der Waals surface area contributed by atoms with Crippen LogP contribution in [0.25, 0.3) is 5.57 Å². The number of methoxy groups -OCH3 is 1. The molecule has 0 saturated carbocycles. The zero-order valence-electron chi connectivity index (χ0n) is 19.0. The lowest BCUT2D eigenvalue weighted by molar-refractivity contribution is -0.147. The van der Waals surface area contributed by atoms with Crippen molar-refractivity contribution in [2.24, 2.45) is 5.92 Å². The SMILES string of the molecule is CCCc1ccc(COc2ccc3c(c2)OCC(CN2CC(C(=O)O)C2)=C3C)c(OC)c1. The van der Waals surface area contributed by atoms with Gasteiger partial charge in [0.2, 0.25) is 0 Å². The summed E-state index contributed by atoms with van der Waals surface area (Å²) in [6.45, 7) is 7.18. The number of aryl methyl sites for hydroxylation is 1. The van der Waals surface area contributed by atoms with E-state index in [4.69, 9.17) is 19.3 Å². The van der Waals surface area contributed by atoms with Crippen LogP contribution in [0.3, 0.4) is 0 Å². The lowest BCUT2D eigenvalue weighted by Crippen LogP contribution is -2.51. The number of carboxylic acid groups (broad SMARTS) is 1. The first-order valence-corrected chi connectivity index (χ1v) is 11.2. The summed E-state index contributed by atoms with van der Waals surface area (Å²) in [6, 6.07) is 12.2. The third-order valence-corrected chi connectivity index (χ3v) is 6.29. The molecule has 2 heterocycles. The third-order valence-electron chi connectivity index (χ3n) is 6.29. The molecule has 170 valence electrons. The van der Waals surface area contributed by atoms with E-state index in [0.29, 0.717) is 26.3 Å². The van der Waals surface area contributed by atoms with Gasteiger partial charge in [-0.25, -0.2) is 0 Å². The molecule has 0 aliphatic carbocycles. The van der Waals surface area contributed by atoms with Gasteiger partial charge in [0, 0.05) is 36.8 Å². The van der Waals surface area contributed by atoms with E-state index in [1.54, 1.807) is 7.11 Å². The average molecular weight is 438 g/mol. The van der Waals surface area contributed by atoms with E-state index in [-0.39, 0.29) is 5.92 Å². The molecule has 1 fully saturated rings. The predicted octanol–water partition coefficient (Wildman–Crippen LogP) is 4.41. The Hall–Kier alpha value is -2.99. The van der Waals surface area contributed by atoms with Gasteiger partial charge in [-0.05, 0) is 48.3 Å². The summed E-state index contributed by atoms with van der Waals surface area (Å²) in [5.74, 6) is 1.48. The van der Waals surface area contributed by atoms with Gasteiger partial charge in [0.25, 0.3) is 0 Å². The predicted molar refractivity (Wildman–Crippen MR) is 123 cm³/mol. The monoisotopic (exact) mass is 437 g/mol. The highest BCUT2D eigenvalue weighted by Gasteiger charge is 2.33. The minimum atomic E-state index is -0.709. The fraction of sp³-hybridized carbons (Fsp3) is 0.423. The van der Waals surface area contributed by atoms with Crippen LogP contribution < -0.4 is 14.2 Å². The summed E-state index contributed by atoms with van der Waals surface area (Å²) in [5, 5.41) is 9.06. The van der Waals surface area contributed by atoms with Crippen molar-refractivity contribution in [3.05, 3.63) is 58.7 Å². The fourth-order valence-corrected chi connectivity index (χ4v) is 4.29. The maximum absolute atomic E-state index is 11.0. The van der Waals surface area contributed by atoms with Crippen molar-refractivity contribution in [2.45, 2.75) is 33.3 Å². The number of allylic oxidation sites excluding steroid dienone is 1. The Morgan fingerprint density at radius 1 is 1.22 bits per heavy atom. The Morgan fingerprint density at radius 3 is 2.75 bits per heavy atom. The molecule has 2 aromatic carbocycles. The Balaban J connectivity index is 1.41. The minimum absolute atomic E-state index is 0.242. The standard InChI is InChI=1S/C26H31NO5/c1-4-5-18-6-7-19(24(10-18)30-3)15-31-22-8-9-23-17(2)21(16-32-25(23)11-22)14-27-12-20(13-27)26(28)29/h6-11,20H,4-5,12-16H2,1-3H3,(H,28,29). The van der Waals surface area contributed by atoms with Gasteiger partial charge in [0.15, 0.2) is 0 Å². The van der Waals surface area contributed by atoms with E-state index >= 15 is 0 Å². The largest absolute Gasteiger partial charge is 0.496 e. The second-order valence-corrected chi connectivity index (χ2v) is 8.59. The number of benzene rings is 2. The zero-order chi connectivity index (χ0) is 22.7. The zero-order valence-corrected chi connectivity index (χ0v) is 19.0. The molecule has 2 aromatic rings. The van der Waals surface area contributed by atoms with Crippen molar-refractivity contribution >= 4 is 11.5 Å². The lowest BCUT2D eigenvalue weighted by Gasteiger charge is -2.38. The quantitative estimate of drug-likeness (QED) is 0.627. The number of aliphatic carboxylic acids is 1. The van der Waals surface area contributed by atoms with Crippen LogP contribution in [-0.2, 0) is 17.8 Å². The first kappa shape index (κ1) is 22.2.